The SMILES string of the molecule is CNC(c1cc(F)c(C)cc1F)c1cc(Cl)ccc1Cl. The Morgan fingerprint density at radius 2 is 1.70 bits per heavy atom. The molecule has 0 radical (unpaired) electrons. The third-order valence-corrected chi connectivity index (χ3v) is 3.73. The first-order valence-corrected chi connectivity index (χ1v) is 6.77. The van der Waals surface area contributed by atoms with Gasteiger partial charge in [0.15, 0.2) is 0 Å². The quantitative estimate of drug-likeness (QED) is 0.850. The van der Waals surface area contributed by atoms with E-state index in [-0.39, 0.29) is 11.1 Å². The summed E-state index contributed by atoms with van der Waals surface area (Å²) in [6.45, 7) is 1.52. The molecule has 0 heterocycles. The van der Waals surface area contributed by atoms with Crippen LogP contribution in [0.5, 0.6) is 0 Å². The molecule has 0 aromatic heterocycles. The lowest BCUT2D eigenvalue weighted by Gasteiger charge is -2.20. The van der Waals surface area contributed by atoms with Crippen LogP contribution in [0.2, 0.25) is 10.0 Å². The van der Waals surface area contributed by atoms with E-state index in [1.54, 1.807) is 25.2 Å². The third-order valence-electron chi connectivity index (χ3n) is 3.15. The minimum absolute atomic E-state index is 0.194. The van der Waals surface area contributed by atoms with Crippen molar-refractivity contribution in [2.75, 3.05) is 7.05 Å². The van der Waals surface area contributed by atoms with E-state index in [4.69, 9.17) is 23.2 Å². The van der Waals surface area contributed by atoms with E-state index in [0.717, 1.165) is 0 Å². The highest BCUT2D eigenvalue weighted by molar-refractivity contribution is 6.33. The van der Waals surface area contributed by atoms with Crippen LogP contribution in [0, 0.1) is 18.6 Å². The summed E-state index contributed by atoms with van der Waals surface area (Å²) in [6, 6.07) is 6.70. The molecule has 1 nitrogen and oxygen atoms in total. The highest BCUT2D eigenvalue weighted by Crippen LogP contribution is 2.32. The second-order valence-corrected chi connectivity index (χ2v) is 5.35. The molecule has 1 unspecified atom stereocenters. The second kappa shape index (κ2) is 6.08. The molecule has 1 N–H and O–H groups in total. The van der Waals surface area contributed by atoms with Gasteiger partial charge in [0.05, 0.1) is 6.04 Å². The molecule has 0 saturated heterocycles. The minimum atomic E-state index is -0.573. The summed E-state index contributed by atoms with van der Waals surface area (Å²) in [5, 5.41) is 3.86. The van der Waals surface area contributed by atoms with E-state index in [1.807, 2.05) is 0 Å². The molecule has 2 aromatic carbocycles. The van der Waals surface area contributed by atoms with Gasteiger partial charge in [0, 0.05) is 15.6 Å². The number of aryl methyl sites for hydroxylation is 1. The number of hydrogen-bond acceptors (Lipinski definition) is 1. The smallest absolute Gasteiger partial charge is 0.128 e. The van der Waals surface area contributed by atoms with E-state index in [2.05, 4.69) is 5.32 Å². The fourth-order valence-corrected chi connectivity index (χ4v) is 2.50. The normalized spacial score (nSPS) is 12.5. The van der Waals surface area contributed by atoms with Crippen LogP contribution in [0.4, 0.5) is 8.78 Å². The Bertz CT molecular complexity index is 644. The van der Waals surface area contributed by atoms with Crippen LogP contribution in [-0.2, 0) is 0 Å². The Hall–Kier alpha value is -1.16. The summed E-state index contributed by atoms with van der Waals surface area (Å²) in [6.07, 6.45) is 0. The van der Waals surface area contributed by atoms with Crippen molar-refractivity contribution in [1.29, 1.82) is 0 Å². The molecule has 106 valence electrons. The Labute approximate surface area is 126 Å². The van der Waals surface area contributed by atoms with Crippen LogP contribution in [0.3, 0.4) is 0 Å². The van der Waals surface area contributed by atoms with Gasteiger partial charge in [0.1, 0.15) is 11.6 Å². The lowest BCUT2D eigenvalue weighted by atomic mass is 9.97. The summed E-state index contributed by atoms with van der Waals surface area (Å²) in [5.74, 6) is -0.945. The van der Waals surface area contributed by atoms with E-state index < -0.39 is 17.7 Å². The van der Waals surface area contributed by atoms with Gasteiger partial charge in [-0.15, -0.1) is 0 Å². The zero-order chi connectivity index (χ0) is 14.9. The van der Waals surface area contributed by atoms with Gasteiger partial charge in [0.25, 0.3) is 0 Å². The van der Waals surface area contributed by atoms with Crippen molar-refractivity contribution in [2.24, 2.45) is 0 Å². The molecule has 20 heavy (non-hydrogen) atoms. The molecule has 2 aromatic rings. The van der Waals surface area contributed by atoms with Gasteiger partial charge in [-0.25, -0.2) is 8.78 Å². The van der Waals surface area contributed by atoms with Crippen LogP contribution in [0.15, 0.2) is 30.3 Å². The lowest BCUT2D eigenvalue weighted by Crippen LogP contribution is -2.20. The summed E-state index contributed by atoms with van der Waals surface area (Å²) in [7, 11) is 1.65. The fourth-order valence-electron chi connectivity index (χ4n) is 2.10. The molecule has 0 saturated carbocycles. The van der Waals surface area contributed by atoms with Crippen LogP contribution in [0.1, 0.15) is 22.7 Å². The number of nitrogens with one attached hydrogen (secondary N) is 1. The third kappa shape index (κ3) is 2.95. The van der Waals surface area contributed by atoms with Gasteiger partial charge < -0.3 is 5.32 Å². The molecule has 2 rings (SSSR count). The molecule has 0 bridgehead atoms. The Morgan fingerprint density at radius 3 is 2.35 bits per heavy atom. The van der Waals surface area contributed by atoms with Crippen molar-refractivity contribution in [2.45, 2.75) is 13.0 Å². The molecular formula is C15H13Cl2F2N. The molecule has 1 atom stereocenters. The van der Waals surface area contributed by atoms with Gasteiger partial charge in [-0.1, -0.05) is 23.2 Å². The van der Waals surface area contributed by atoms with Crippen LogP contribution >= 0.6 is 23.2 Å². The zero-order valence-corrected chi connectivity index (χ0v) is 12.5. The number of benzene rings is 2. The van der Waals surface area contributed by atoms with Crippen molar-refractivity contribution in [3.63, 3.8) is 0 Å². The monoisotopic (exact) mass is 315 g/mol. The van der Waals surface area contributed by atoms with Crippen LogP contribution < -0.4 is 5.32 Å². The molecule has 0 aliphatic heterocycles. The van der Waals surface area contributed by atoms with Crippen molar-refractivity contribution >= 4 is 23.2 Å². The van der Waals surface area contributed by atoms with Gasteiger partial charge in [-0.2, -0.15) is 0 Å². The first-order valence-electron chi connectivity index (χ1n) is 6.01. The summed E-state index contributed by atoms with van der Waals surface area (Å²) >= 11 is 12.1. The Balaban J connectivity index is 2.58. The van der Waals surface area contributed by atoms with Gasteiger partial charge in [-0.3, -0.25) is 0 Å². The maximum Gasteiger partial charge on any atom is 0.128 e. The molecular weight excluding hydrogens is 303 g/mol. The molecule has 0 aliphatic rings. The Morgan fingerprint density at radius 1 is 1.00 bits per heavy atom. The average Bonchev–Trinajstić information content (AvgIpc) is 2.40. The summed E-state index contributed by atoms with van der Waals surface area (Å²) in [5.41, 5.74) is 1.06. The summed E-state index contributed by atoms with van der Waals surface area (Å²) < 4.78 is 27.8. The van der Waals surface area contributed by atoms with Gasteiger partial charge in [0.2, 0.25) is 0 Å². The van der Waals surface area contributed by atoms with E-state index in [1.165, 1.54) is 19.1 Å². The van der Waals surface area contributed by atoms with Crippen molar-refractivity contribution in [1.82, 2.24) is 5.32 Å². The van der Waals surface area contributed by atoms with Crippen LogP contribution in [0.25, 0.3) is 0 Å². The van der Waals surface area contributed by atoms with Crippen molar-refractivity contribution < 1.29 is 8.78 Å². The van der Waals surface area contributed by atoms with Gasteiger partial charge in [-0.05, 0) is 55.4 Å². The predicted molar refractivity (Wildman–Crippen MR) is 78.5 cm³/mol. The molecule has 0 aliphatic carbocycles. The molecule has 0 amide bonds. The van der Waals surface area contributed by atoms with E-state index >= 15 is 0 Å². The molecule has 0 fully saturated rings. The van der Waals surface area contributed by atoms with Crippen molar-refractivity contribution in [3.8, 4) is 0 Å². The molecule has 0 spiro atoms. The fraction of sp³-hybridized carbons (Fsp3) is 0.200. The number of rotatable bonds is 3. The topological polar surface area (TPSA) is 12.0 Å². The second-order valence-electron chi connectivity index (χ2n) is 4.51. The minimum Gasteiger partial charge on any atom is -0.309 e. The molecule has 5 heteroatoms. The standard InChI is InChI=1S/C15H13Cl2F2N/c1-8-5-14(19)11(7-13(8)18)15(20-2)10-6-9(16)3-4-12(10)17/h3-7,15,20H,1-2H3. The van der Waals surface area contributed by atoms with Gasteiger partial charge >= 0.3 is 0 Å². The first-order chi connectivity index (χ1) is 9.43. The highest BCUT2D eigenvalue weighted by Gasteiger charge is 2.20. The zero-order valence-electron chi connectivity index (χ0n) is 11.0. The largest absolute Gasteiger partial charge is 0.309 e. The maximum absolute atomic E-state index is 14.1. The average molecular weight is 316 g/mol. The highest BCUT2D eigenvalue weighted by atomic mass is 35.5. The Kier molecular flexibility index (Phi) is 4.63. The van der Waals surface area contributed by atoms with E-state index in [0.29, 0.717) is 15.6 Å². The summed E-state index contributed by atoms with van der Waals surface area (Å²) in [4.78, 5) is 0. The van der Waals surface area contributed by atoms with E-state index in [9.17, 15) is 8.78 Å². The lowest BCUT2D eigenvalue weighted by molar-refractivity contribution is 0.554. The predicted octanol–water partition coefficient (Wildman–Crippen LogP) is 4.89. The van der Waals surface area contributed by atoms with Crippen molar-refractivity contribution in [3.05, 3.63) is 68.7 Å². The first kappa shape index (κ1) is 15.2. The van der Waals surface area contributed by atoms with Crippen LogP contribution in [-0.4, -0.2) is 7.05 Å². The number of halogens is 4. The number of hydrogen-bond donors (Lipinski definition) is 1. The maximum atomic E-state index is 14.1.